The molecule has 2 aromatic rings. The topological polar surface area (TPSA) is 71.1 Å². The number of rotatable bonds is 12. The van der Waals surface area contributed by atoms with E-state index in [0.29, 0.717) is 44.1 Å². The lowest BCUT2D eigenvalue weighted by molar-refractivity contribution is -0.132. The maximum atomic E-state index is 13.3. The fourth-order valence-corrected chi connectivity index (χ4v) is 4.09. The number of benzene rings is 1. The van der Waals surface area contributed by atoms with Crippen LogP contribution in [0.15, 0.2) is 35.7 Å². The third kappa shape index (κ3) is 7.75. The fourth-order valence-electron chi connectivity index (χ4n) is 3.37. The molecule has 0 unspecified atom stereocenters. The van der Waals surface area contributed by atoms with Crippen LogP contribution >= 0.6 is 11.3 Å². The van der Waals surface area contributed by atoms with Crippen LogP contribution in [0.25, 0.3) is 0 Å². The molecule has 1 N–H and O–H groups in total. The van der Waals surface area contributed by atoms with Crippen LogP contribution in [0.3, 0.4) is 0 Å². The molecule has 32 heavy (non-hydrogen) atoms. The molecule has 0 atom stereocenters. The van der Waals surface area contributed by atoms with E-state index < -0.39 is 0 Å². The zero-order valence-corrected chi connectivity index (χ0v) is 20.5. The number of carbonyl (C=O) groups excluding carboxylic acids is 2. The molecule has 0 fully saturated rings. The quantitative estimate of drug-likeness (QED) is 0.518. The highest BCUT2D eigenvalue weighted by Crippen LogP contribution is 2.28. The zero-order chi connectivity index (χ0) is 23.5. The van der Waals surface area contributed by atoms with Crippen molar-refractivity contribution in [3.63, 3.8) is 0 Å². The molecule has 0 saturated carbocycles. The van der Waals surface area contributed by atoms with Gasteiger partial charge < -0.3 is 24.6 Å². The summed E-state index contributed by atoms with van der Waals surface area (Å²) in [6.45, 7) is 8.13. The number of nitrogens with zero attached hydrogens (tertiary/aromatic N) is 2. The lowest BCUT2D eigenvalue weighted by atomic mass is 10.1. The molecule has 8 heteroatoms. The normalized spacial score (nSPS) is 10.7. The predicted molar refractivity (Wildman–Crippen MR) is 128 cm³/mol. The van der Waals surface area contributed by atoms with Crippen LogP contribution in [-0.2, 0) is 17.8 Å². The van der Waals surface area contributed by atoms with Gasteiger partial charge in [0.1, 0.15) is 6.54 Å². The Kier molecular flexibility index (Phi) is 10.3. The van der Waals surface area contributed by atoms with Crippen molar-refractivity contribution in [2.75, 3.05) is 40.4 Å². The molecular formula is C24H35N3O4S. The van der Waals surface area contributed by atoms with Crippen LogP contribution in [0, 0.1) is 5.92 Å². The van der Waals surface area contributed by atoms with Gasteiger partial charge in [-0.25, -0.2) is 4.79 Å². The summed E-state index contributed by atoms with van der Waals surface area (Å²) < 4.78 is 10.7. The predicted octanol–water partition coefficient (Wildman–Crippen LogP) is 4.02. The van der Waals surface area contributed by atoms with E-state index in [1.165, 1.54) is 0 Å². The first-order valence-electron chi connectivity index (χ1n) is 10.9. The van der Waals surface area contributed by atoms with Crippen molar-refractivity contribution in [2.24, 2.45) is 5.92 Å². The summed E-state index contributed by atoms with van der Waals surface area (Å²) in [5.41, 5.74) is 1.05. The van der Waals surface area contributed by atoms with Crippen LogP contribution in [-0.4, -0.2) is 62.1 Å². The van der Waals surface area contributed by atoms with Crippen LogP contribution < -0.4 is 14.8 Å². The van der Waals surface area contributed by atoms with Crippen molar-refractivity contribution < 1.29 is 19.1 Å². The lowest BCUT2D eigenvalue weighted by Gasteiger charge is -2.28. The largest absolute Gasteiger partial charge is 0.493 e. The van der Waals surface area contributed by atoms with Crippen LogP contribution in [0.2, 0.25) is 0 Å². The smallest absolute Gasteiger partial charge is 0.317 e. The second-order valence-electron chi connectivity index (χ2n) is 7.94. The number of hydrogen-bond acceptors (Lipinski definition) is 5. The molecule has 176 valence electrons. The number of amides is 3. The van der Waals surface area contributed by atoms with Crippen molar-refractivity contribution in [3.8, 4) is 11.5 Å². The molecule has 0 aliphatic heterocycles. The number of thiophene rings is 1. The molecule has 0 radical (unpaired) electrons. The first-order chi connectivity index (χ1) is 15.4. The standard InChI is InChI=1S/C24H35N3O4S/c1-6-25-24(29)27(15-18(2)3)17-23(28)26(16-20-8-7-13-32-20)12-11-19-9-10-21(30-4)22(14-19)31-5/h7-10,13-14,18H,6,11-12,15-17H2,1-5H3,(H,25,29). The van der Waals surface area contributed by atoms with Gasteiger partial charge in [0.05, 0.1) is 20.8 Å². The molecule has 7 nitrogen and oxygen atoms in total. The SMILES string of the molecule is CCNC(=O)N(CC(=O)N(CCc1ccc(OC)c(OC)c1)Cc1cccs1)CC(C)C. The summed E-state index contributed by atoms with van der Waals surface area (Å²) in [7, 11) is 3.22. The van der Waals surface area contributed by atoms with Gasteiger partial charge in [0.25, 0.3) is 0 Å². The first kappa shape index (κ1) is 25.5. The van der Waals surface area contributed by atoms with Crippen molar-refractivity contribution in [1.82, 2.24) is 15.1 Å². The third-order valence-corrected chi connectivity index (χ3v) is 5.79. The Labute approximate surface area is 195 Å². The van der Waals surface area contributed by atoms with E-state index in [4.69, 9.17) is 9.47 Å². The molecule has 0 bridgehead atoms. The first-order valence-corrected chi connectivity index (χ1v) is 11.8. The van der Waals surface area contributed by atoms with E-state index in [1.54, 1.807) is 30.5 Å². The van der Waals surface area contributed by atoms with E-state index >= 15 is 0 Å². The van der Waals surface area contributed by atoms with Gasteiger partial charge in [0.15, 0.2) is 11.5 Å². The Bertz CT molecular complexity index is 855. The average Bonchev–Trinajstić information content (AvgIpc) is 3.28. The zero-order valence-electron chi connectivity index (χ0n) is 19.7. The van der Waals surface area contributed by atoms with Crippen LogP contribution in [0.4, 0.5) is 4.79 Å². The average molecular weight is 462 g/mol. The van der Waals surface area contributed by atoms with Crippen molar-refractivity contribution in [3.05, 3.63) is 46.2 Å². The number of hydrogen-bond donors (Lipinski definition) is 1. The molecule has 0 spiro atoms. The van der Waals surface area contributed by atoms with Gasteiger partial charge in [0.2, 0.25) is 5.91 Å². The molecule has 0 saturated heterocycles. The summed E-state index contributed by atoms with van der Waals surface area (Å²) >= 11 is 1.62. The molecule has 1 aromatic carbocycles. The van der Waals surface area contributed by atoms with Crippen molar-refractivity contribution in [2.45, 2.75) is 33.7 Å². The number of nitrogens with one attached hydrogen (secondary N) is 1. The molecule has 0 aliphatic rings. The lowest BCUT2D eigenvalue weighted by Crippen LogP contribution is -2.48. The Morgan fingerprint density at radius 3 is 2.44 bits per heavy atom. The van der Waals surface area contributed by atoms with Crippen LogP contribution in [0.1, 0.15) is 31.2 Å². The Morgan fingerprint density at radius 2 is 1.84 bits per heavy atom. The minimum absolute atomic E-state index is 0.0569. The molecule has 0 aliphatic carbocycles. The second kappa shape index (κ2) is 13.0. The monoisotopic (exact) mass is 461 g/mol. The number of ether oxygens (including phenoxy) is 2. The van der Waals surface area contributed by atoms with Crippen molar-refractivity contribution in [1.29, 1.82) is 0 Å². The summed E-state index contributed by atoms with van der Waals surface area (Å²) in [6, 6.07) is 9.60. The Hall–Kier alpha value is -2.74. The van der Waals surface area contributed by atoms with Crippen molar-refractivity contribution >= 4 is 23.3 Å². The molecule has 1 aromatic heterocycles. The van der Waals surface area contributed by atoms with Gasteiger partial charge in [-0.3, -0.25) is 4.79 Å². The molecular weight excluding hydrogens is 426 g/mol. The second-order valence-corrected chi connectivity index (χ2v) is 8.98. The Balaban J connectivity index is 2.14. The minimum atomic E-state index is -0.203. The fraction of sp³-hybridized carbons (Fsp3) is 0.500. The summed E-state index contributed by atoms with van der Waals surface area (Å²) in [4.78, 5) is 30.3. The van der Waals surface area contributed by atoms with E-state index in [9.17, 15) is 9.59 Å². The third-order valence-electron chi connectivity index (χ3n) is 4.92. The highest BCUT2D eigenvalue weighted by Gasteiger charge is 2.22. The minimum Gasteiger partial charge on any atom is -0.493 e. The number of carbonyl (C=O) groups is 2. The Morgan fingerprint density at radius 1 is 1.09 bits per heavy atom. The van der Waals surface area contributed by atoms with E-state index in [1.807, 2.05) is 61.4 Å². The van der Waals surface area contributed by atoms with Gasteiger partial charge in [0, 0.05) is 24.5 Å². The van der Waals surface area contributed by atoms with E-state index in [0.717, 1.165) is 10.4 Å². The maximum Gasteiger partial charge on any atom is 0.317 e. The van der Waals surface area contributed by atoms with Gasteiger partial charge >= 0.3 is 6.03 Å². The van der Waals surface area contributed by atoms with E-state index in [2.05, 4.69) is 5.32 Å². The van der Waals surface area contributed by atoms with Gasteiger partial charge in [-0.2, -0.15) is 0 Å². The summed E-state index contributed by atoms with van der Waals surface area (Å²) in [5, 5.41) is 4.82. The van der Waals surface area contributed by atoms with Gasteiger partial charge in [-0.15, -0.1) is 11.3 Å². The van der Waals surface area contributed by atoms with Crippen LogP contribution in [0.5, 0.6) is 11.5 Å². The molecule has 2 rings (SSSR count). The molecule has 3 amide bonds. The number of methoxy groups -OCH3 is 2. The summed E-state index contributed by atoms with van der Waals surface area (Å²) in [5.74, 6) is 1.54. The summed E-state index contributed by atoms with van der Waals surface area (Å²) in [6.07, 6.45) is 0.669. The van der Waals surface area contributed by atoms with E-state index in [-0.39, 0.29) is 24.4 Å². The van der Waals surface area contributed by atoms with Gasteiger partial charge in [-0.1, -0.05) is 26.0 Å². The maximum absolute atomic E-state index is 13.3. The number of urea groups is 1. The highest BCUT2D eigenvalue weighted by molar-refractivity contribution is 7.09. The highest BCUT2D eigenvalue weighted by atomic mass is 32.1. The molecule has 1 heterocycles. The van der Waals surface area contributed by atoms with Gasteiger partial charge in [-0.05, 0) is 48.4 Å².